The number of nitrogens with one attached hydrogen (secondary N) is 1. The number of halogens is 1. The van der Waals surface area contributed by atoms with Crippen LogP contribution in [0.3, 0.4) is 0 Å². The van der Waals surface area contributed by atoms with Crippen LogP contribution in [0.15, 0.2) is 23.1 Å². The van der Waals surface area contributed by atoms with Crippen molar-refractivity contribution >= 4 is 27.5 Å². The van der Waals surface area contributed by atoms with E-state index in [1.54, 1.807) is 4.90 Å². The molecule has 1 amide bonds. The third-order valence-electron chi connectivity index (χ3n) is 4.00. The fourth-order valence-corrected chi connectivity index (χ4v) is 3.99. The smallest absolute Gasteiger partial charge is 0.240 e. The average molecular weight is 391 g/mol. The van der Waals surface area contributed by atoms with Crippen LogP contribution >= 0.6 is 11.6 Å². The number of nitrogens with zero attached hydrogens (tertiary/aromatic N) is 1. The predicted molar refractivity (Wildman–Crippen MR) is 94.4 cm³/mol. The standard InChI is InChI=1S/C16H23ClN2O5S/c1-12(20)19(11-13-4-3-9-24-13)8-7-18-25(21,22)14-5-6-16(23-2)15(17)10-14/h5-6,10,13,18H,3-4,7-9,11H2,1-2H3. The Hall–Kier alpha value is -1.35. The van der Waals surface area contributed by atoms with Gasteiger partial charge in [-0.2, -0.15) is 0 Å². The van der Waals surface area contributed by atoms with E-state index in [1.165, 1.54) is 32.2 Å². The molecule has 140 valence electrons. The average Bonchev–Trinajstić information content (AvgIpc) is 3.06. The summed E-state index contributed by atoms with van der Waals surface area (Å²) in [6.45, 7) is 3.04. The van der Waals surface area contributed by atoms with Crippen molar-refractivity contribution in [2.45, 2.75) is 30.8 Å². The number of carbonyl (C=O) groups excluding carboxylic acids is 1. The molecule has 7 nitrogen and oxygen atoms in total. The maximum Gasteiger partial charge on any atom is 0.240 e. The number of methoxy groups -OCH3 is 1. The van der Waals surface area contributed by atoms with Crippen LogP contribution in [0.4, 0.5) is 0 Å². The van der Waals surface area contributed by atoms with Crippen molar-refractivity contribution in [1.29, 1.82) is 0 Å². The van der Waals surface area contributed by atoms with Crippen molar-refractivity contribution in [3.05, 3.63) is 23.2 Å². The van der Waals surface area contributed by atoms with E-state index < -0.39 is 10.0 Å². The SMILES string of the molecule is COc1ccc(S(=O)(=O)NCCN(CC2CCCO2)C(C)=O)cc1Cl. The molecule has 9 heteroatoms. The van der Waals surface area contributed by atoms with E-state index in [1.807, 2.05) is 0 Å². The Balaban J connectivity index is 1.93. The molecular weight excluding hydrogens is 368 g/mol. The first kappa shape index (κ1) is 20.0. The normalized spacial score (nSPS) is 17.5. The zero-order chi connectivity index (χ0) is 18.4. The molecule has 0 aromatic heterocycles. The Morgan fingerprint density at radius 3 is 2.80 bits per heavy atom. The summed E-state index contributed by atoms with van der Waals surface area (Å²) >= 11 is 5.97. The summed E-state index contributed by atoms with van der Waals surface area (Å²) in [6, 6.07) is 4.25. The van der Waals surface area contributed by atoms with Crippen molar-refractivity contribution in [2.75, 3.05) is 33.4 Å². The van der Waals surface area contributed by atoms with Crippen LogP contribution in [0.5, 0.6) is 5.75 Å². The summed E-state index contributed by atoms with van der Waals surface area (Å²) in [6.07, 6.45) is 1.93. The molecule has 1 atom stereocenters. The zero-order valence-electron chi connectivity index (χ0n) is 14.3. The van der Waals surface area contributed by atoms with Gasteiger partial charge >= 0.3 is 0 Å². The van der Waals surface area contributed by atoms with E-state index in [-0.39, 0.29) is 35.0 Å². The molecule has 1 unspecified atom stereocenters. The molecule has 1 aliphatic rings. The van der Waals surface area contributed by atoms with Gasteiger partial charge in [-0.05, 0) is 31.0 Å². The second-order valence-electron chi connectivity index (χ2n) is 5.79. The van der Waals surface area contributed by atoms with E-state index in [0.29, 0.717) is 18.9 Å². The number of benzene rings is 1. The summed E-state index contributed by atoms with van der Waals surface area (Å²) < 4.78 is 37.7. The van der Waals surface area contributed by atoms with Crippen LogP contribution in [0.1, 0.15) is 19.8 Å². The van der Waals surface area contributed by atoms with Gasteiger partial charge in [0.05, 0.1) is 23.1 Å². The quantitative estimate of drug-likeness (QED) is 0.729. The highest BCUT2D eigenvalue weighted by Crippen LogP contribution is 2.26. The lowest BCUT2D eigenvalue weighted by Gasteiger charge is -2.24. The van der Waals surface area contributed by atoms with Gasteiger partial charge < -0.3 is 14.4 Å². The number of hydrogen-bond acceptors (Lipinski definition) is 5. The van der Waals surface area contributed by atoms with E-state index in [0.717, 1.165) is 12.8 Å². The van der Waals surface area contributed by atoms with Crippen LogP contribution in [0.25, 0.3) is 0 Å². The second kappa shape index (κ2) is 8.84. The highest BCUT2D eigenvalue weighted by Gasteiger charge is 2.21. The first-order valence-electron chi connectivity index (χ1n) is 8.04. The maximum absolute atomic E-state index is 12.3. The Bertz CT molecular complexity index is 704. The van der Waals surface area contributed by atoms with Crippen molar-refractivity contribution in [3.63, 3.8) is 0 Å². The molecule has 1 N–H and O–H groups in total. The minimum absolute atomic E-state index is 0.0286. The topological polar surface area (TPSA) is 84.9 Å². The fraction of sp³-hybridized carbons (Fsp3) is 0.562. The van der Waals surface area contributed by atoms with E-state index in [9.17, 15) is 13.2 Å². The molecule has 1 saturated heterocycles. The number of rotatable bonds is 8. The summed E-state index contributed by atoms with van der Waals surface area (Å²) in [5, 5.41) is 0.217. The summed E-state index contributed by atoms with van der Waals surface area (Å²) in [5.74, 6) is 0.294. The number of sulfonamides is 1. The third-order valence-corrected chi connectivity index (χ3v) is 5.75. The van der Waals surface area contributed by atoms with Crippen molar-refractivity contribution < 1.29 is 22.7 Å². The fourth-order valence-electron chi connectivity index (χ4n) is 2.62. The van der Waals surface area contributed by atoms with Crippen LogP contribution in [-0.4, -0.2) is 58.7 Å². The highest BCUT2D eigenvalue weighted by molar-refractivity contribution is 7.89. The van der Waals surface area contributed by atoms with Crippen molar-refractivity contribution in [1.82, 2.24) is 9.62 Å². The van der Waals surface area contributed by atoms with Gasteiger partial charge in [0.1, 0.15) is 5.75 Å². The monoisotopic (exact) mass is 390 g/mol. The van der Waals surface area contributed by atoms with Crippen LogP contribution < -0.4 is 9.46 Å². The molecule has 1 aromatic rings. The summed E-state index contributed by atoms with van der Waals surface area (Å²) in [7, 11) is -2.26. The lowest BCUT2D eigenvalue weighted by molar-refractivity contribution is -0.130. The van der Waals surface area contributed by atoms with Crippen LogP contribution in [-0.2, 0) is 19.6 Å². The molecule has 1 aliphatic heterocycles. The largest absolute Gasteiger partial charge is 0.495 e. The first-order valence-corrected chi connectivity index (χ1v) is 9.90. The summed E-state index contributed by atoms with van der Waals surface area (Å²) in [4.78, 5) is 13.4. The molecule has 1 heterocycles. The second-order valence-corrected chi connectivity index (χ2v) is 7.97. The molecule has 0 spiro atoms. The Morgan fingerprint density at radius 2 is 2.24 bits per heavy atom. The molecule has 1 fully saturated rings. The molecule has 25 heavy (non-hydrogen) atoms. The maximum atomic E-state index is 12.3. The molecule has 2 rings (SSSR count). The lowest BCUT2D eigenvalue weighted by atomic mass is 10.2. The molecule has 0 saturated carbocycles. The predicted octanol–water partition coefficient (Wildman–Crippen LogP) is 1.65. The molecule has 0 bridgehead atoms. The van der Waals surface area contributed by atoms with Gasteiger partial charge in [0.25, 0.3) is 0 Å². The van der Waals surface area contributed by atoms with Gasteiger partial charge in [-0.25, -0.2) is 13.1 Å². The van der Waals surface area contributed by atoms with Crippen molar-refractivity contribution in [3.8, 4) is 5.75 Å². The van der Waals surface area contributed by atoms with E-state index >= 15 is 0 Å². The van der Waals surface area contributed by atoms with Gasteiger partial charge in [-0.3, -0.25) is 4.79 Å². The minimum atomic E-state index is -3.72. The number of ether oxygens (including phenoxy) is 2. The molecule has 1 aromatic carbocycles. The van der Waals surface area contributed by atoms with Gasteiger partial charge in [-0.1, -0.05) is 11.6 Å². The zero-order valence-corrected chi connectivity index (χ0v) is 15.9. The van der Waals surface area contributed by atoms with Gasteiger partial charge in [0, 0.05) is 33.2 Å². The lowest BCUT2D eigenvalue weighted by Crippen LogP contribution is -2.41. The third kappa shape index (κ3) is 5.57. The van der Waals surface area contributed by atoms with E-state index in [2.05, 4.69) is 4.72 Å². The Morgan fingerprint density at radius 1 is 1.48 bits per heavy atom. The number of amides is 1. The van der Waals surface area contributed by atoms with Gasteiger partial charge in [-0.15, -0.1) is 0 Å². The van der Waals surface area contributed by atoms with Gasteiger partial charge in [0.2, 0.25) is 15.9 Å². The highest BCUT2D eigenvalue weighted by atomic mass is 35.5. The Labute approximate surface area is 153 Å². The van der Waals surface area contributed by atoms with Crippen molar-refractivity contribution in [2.24, 2.45) is 0 Å². The molecule has 0 radical (unpaired) electrons. The van der Waals surface area contributed by atoms with Crippen LogP contribution in [0.2, 0.25) is 5.02 Å². The number of hydrogen-bond donors (Lipinski definition) is 1. The minimum Gasteiger partial charge on any atom is -0.495 e. The first-order chi connectivity index (χ1) is 11.8. The van der Waals surface area contributed by atoms with E-state index in [4.69, 9.17) is 21.1 Å². The molecule has 0 aliphatic carbocycles. The molecular formula is C16H23ClN2O5S. The van der Waals surface area contributed by atoms with Gasteiger partial charge in [0.15, 0.2) is 0 Å². The van der Waals surface area contributed by atoms with Crippen LogP contribution in [0, 0.1) is 0 Å². The Kier molecular flexibility index (Phi) is 7.06. The number of carbonyl (C=O) groups is 1. The summed E-state index contributed by atoms with van der Waals surface area (Å²) in [5.41, 5.74) is 0.